The second kappa shape index (κ2) is 8.44. The number of rotatable bonds is 5. The number of nitrogens with one attached hydrogen (secondary N) is 1. The number of aromatic nitrogens is 1. The molecule has 6 nitrogen and oxygen atoms in total. The van der Waals surface area contributed by atoms with Gasteiger partial charge in [-0.05, 0) is 30.9 Å². The number of carbonyl (C=O) groups excluding carboxylic acids is 1. The van der Waals surface area contributed by atoms with Gasteiger partial charge in [-0.3, -0.25) is 14.7 Å². The minimum Gasteiger partial charge on any atom is -0.379 e. The van der Waals surface area contributed by atoms with Crippen molar-refractivity contribution in [1.29, 1.82) is 0 Å². The van der Waals surface area contributed by atoms with Crippen molar-refractivity contribution in [3.8, 4) is 0 Å². The van der Waals surface area contributed by atoms with Gasteiger partial charge in [0.1, 0.15) is 5.69 Å². The van der Waals surface area contributed by atoms with Gasteiger partial charge in [0.25, 0.3) is 5.91 Å². The lowest BCUT2D eigenvalue weighted by atomic mass is 9.99. The van der Waals surface area contributed by atoms with E-state index in [0.717, 1.165) is 57.5 Å². The molecule has 2 fully saturated rings. The highest BCUT2D eigenvalue weighted by Gasteiger charge is 2.17. The van der Waals surface area contributed by atoms with Crippen LogP contribution in [0.3, 0.4) is 0 Å². The summed E-state index contributed by atoms with van der Waals surface area (Å²) in [6, 6.07) is 3.92. The van der Waals surface area contributed by atoms with Crippen molar-refractivity contribution >= 4 is 11.6 Å². The molecular weight excluding hydrogens is 304 g/mol. The van der Waals surface area contributed by atoms with E-state index in [4.69, 9.17) is 4.74 Å². The summed E-state index contributed by atoms with van der Waals surface area (Å²) in [5.41, 5.74) is 1.61. The summed E-state index contributed by atoms with van der Waals surface area (Å²) in [6.45, 7) is 9.38. The lowest BCUT2D eigenvalue weighted by Crippen LogP contribution is -2.41. The van der Waals surface area contributed by atoms with E-state index in [2.05, 4.69) is 27.0 Å². The molecule has 0 bridgehead atoms. The Morgan fingerprint density at radius 1 is 1.29 bits per heavy atom. The van der Waals surface area contributed by atoms with E-state index in [1.165, 1.54) is 12.8 Å². The van der Waals surface area contributed by atoms with Crippen LogP contribution < -0.4 is 10.2 Å². The van der Waals surface area contributed by atoms with Crippen molar-refractivity contribution in [1.82, 2.24) is 15.2 Å². The Kier molecular flexibility index (Phi) is 6.04. The summed E-state index contributed by atoms with van der Waals surface area (Å²) >= 11 is 0. The van der Waals surface area contributed by atoms with Gasteiger partial charge in [0, 0.05) is 51.2 Å². The maximum atomic E-state index is 12.3. The van der Waals surface area contributed by atoms with Crippen molar-refractivity contribution in [2.75, 3.05) is 57.4 Å². The molecule has 0 saturated carbocycles. The van der Waals surface area contributed by atoms with Crippen LogP contribution in [0.1, 0.15) is 30.3 Å². The molecule has 0 atom stereocenters. The topological polar surface area (TPSA) is 57.7 Å². The van der Waals surface area contributed by atoms with Gasteiger partial charge in [-0.25, -0.2) is 0 Å². The third-order valence-corrected chi connectivity index (χ3v) is 4.94. The summed E-state index contributed by atoms with van der Waals surface area (Å²) in [5.74, 6) is 0.710. The predicted octanol–water partition coefficient (Wildman–Crippen LogP) is 1.38. The number of anilines is 1. The second-order valence-electron chi connectivity index (χ2n) is 6.78. The number of pyridine rings is 1. The molecule has 0 aliphatic carbocycles. The van der Waals surface area contributed by atoms with Crippen LogP contribution in [0.25, 0.3) is 0 Å². The van der Waals surface area contributed by atoms with E-state index < -0.39 is 0 Å². The van der Waals surface area contributed by atoms with Crippen molar-refractivity contribution in [3.05, 3.63) is 24.0 Å². The van der Waals surface area contributed by atoms with Crippen LogP contribution in [0.2, 0.25) is 0 Å². The largest absolute Gasteiger partial charge is 0.379 e. The van der Waals surface area contributed by atoms with Crippen LogP contribution in [0.5, 0.6) is 0 Å². The Morgan fingerprint density at radius 3 is 2.79 bits per heavy atom. The molecule has 2 aliphatic rings. The first kappa shape index (κ1) is 17.2. The quantitative estimate of drug-likeness (QED) is 0.883. The molecule has 1 amide bonds. The van der Waals surface area contributed by atoms with Gasteiger partial charge in [0.15, 0.2) is 0 Å². The van der Waals surface area contributed by atoms with Crippen molar-refractivity contribution < 1.29 is 9.53 Å². The van der Waals surface area contributed by atoms with E-state index >= 15 is 0 Å². The minimum atomic E-state index is -0.0875. The lowest BCUT2D eigenvalue weighted by Gasteiger charge is -2.32. The highest BCUT2D eigenvalue weighted by molar-refractivity contribution is 5.93. The van der Waals surface area contributed by atoms with Crippen LogP contribution in [-0.4, -0.2) is 68.3 Å². The van der Waals surface area contributed by atoms with Crippen molar-refractivity contribution in [2.24, 2.45) is 5.92 Å². The van der Waals surface area contributed by atoms with Crippen LogP contribution in [0.15, 0.2) is 18.3 Å². The van der Waals surface area contributed by atoms with E-state index in [1.807, 2.05) is 12.1 Å². The molecule has 3 heterocycles. The SMILES string of the molecule is CC1CCN(c2ccnc(C(=O)NCCN3CCOCC3)c2)CC1. The van der Waals surface area contributed by atoms with Crippen LogP contribution in [0.4, 0.5) is 5.69 Å². The third-order valence-electron chi connectivity index (χ3n) is 4.94. The van der Waals surface area contributed by atoms with Gasteiger partial charge in [-0.15, -0.1) is 0 Å². The number of nitrogens with zero attached hydrogens (tertiary/aromatic N) is 3. The Balaban J connectivity index is 1.50. The average molecular weight is 332 g/mol. The first-order chi connectivity index (χ1) is 11.7. The molecule has 24 heavy (non-hydrogen) atoms. The summed E-state index contributed by atoms with van der Waals surface area (Å²) in [5, 5.41) is 2.98. The lowest BCUT2D eigenvalue weighted by molar-refractivity contribution is 0.0383. The minimum absolute atomic E-state index is 0.0875. The Hall–Kier alpha value is -1.66. The van der Waals surface area contributed by atoms with E-state index in [-0.39, 0.29) is 5.91 Å². The molecule has 0 radical (unpaired) electrons. The van der Waals surface area contributed by atoms with E-state index in [1.54, 1.807) is 6.20 Å². The monoisotopic (exact) mass is 332 g/mol. The van der Waals surface area contributed by atoms with Crippen LogP contribution in [0, 0.1) is 5.92 Å². The zero-order chi connectivity index (χ0) is 16.8. The first-order valence-electron chi connectivity index (χ1n) is 9.01. The number of carbonyl (C=O) groups is 1. The number of piperidine rings is 1. The van der Waals surface area contributed by atoms with E-state index in [9.17, 15) is 4.79 Å². The summed E-state index contributed by atoms with van der Waals surface area (Å²) in [6.07, 6.45) is 4.16. The summed E-state index contributed by atoms with van der Waals surface area (Å²) in [4.78, 5) is 21.2. The molecule has 1 aromatic heterocycles. The zero-order valence-corrected chi connectivity index (χ0v) is 14.5. The van der Waals surface area contributed by atoms with E-state index in [0.29, 0.717) is 12.2 Å². The van der Waals surface area contributed by atoms with Gasteiger partial charge < -0.3 is 15.0 Å². The Labute approximate surface area is 144 Å². The molecule has 0 unspecified atom stereocenters. The maximum Gasteiger partial charge on any atom is 0.269 e. The van der Waals surface area contributed by atoms with Gasteiger partial charge >= 0.3 is 0 Å². The standard InChI is InChI=1S/C18H28N4O2/c1-15-3-7-22(8-4-15)16-2-5-19-17(14-16)18(23)20-6-9-21-10-12-24-13-11-21/h2,5,14-15H,3-4,6-13H2,1H3,(H,20,23). The average Bonchev–Trinajstić information content (AvgIpc) is 2.63. The molecule has 0 spiro atoms. The zero-order valence-electron chi connectivity index (χ0n) is 14.5. The van der Waals surface area contributed by atoms with Gasteiger partial charge in [0.05, 0.1) is 13.2 Å². The van der Waals surface area contributed by atoms with Crippen molar-refractivity contribution in [2.45, 2.75) is 19.8 Å². The second-order valence-corrected chi connectivity index (χ2v) is 6.78. The molecule has 132 valence electrons. The number of morpholine rings is 1. The fourth-order valence-corrected chi connectivity index (χ4v) is 3.25. The highest BCUT2D eigenvalue weighted by Crippen LogP contribution is 2.22. The van der Waals surface area contributed by atoms with Crippen LogP contribution in [-0.2, 0) is 4.74 Å². The van der Waals surface area contributed by atoms with Gasteiger partial charge in [-0.1, -0.05) is 6.92 Å². The fraction of sp³-hybridized carbons (Fsp3) is 0.667. The predicted molar refractivity (Wildman–Crippen MR) is 94.4 cm³/mol. The molecule has 2 aliphatic heterocycles. The normalized spacial score (nSPS) is 20.1. The molecule has 6 heteroatoms. The molecule has 2 saturated heterocycles. The van der Waals surface area contributed by atoms with Gasteiger partial charge in [0.2, 0.25) is 0 Å². The number of hydrogen-bond acceptors (Lipinski definition) is 5. The first-order valence-corrected chi connectivity index (χ1v) is 9.01. The van der Waals surface area contributed by atoms with Crippen LogP contribution >= 0.6 is 0 Å². The molecule has 1 aromatic rings. The highest BCUT2D eigenvalue weighted by atomic mass is 16.5. The smallest absolute Gasteiger partial charge is 0.269 e. The number of ether oxygens (including phenoxy) is 1. The molecule has 3 rings (SSSR count). The molecule has 0 aromatic carbocycles. The molecular formula is C18H28N4O2. The number of hydrogen-bond donors (Lipinski definition) is 1. The van der Waals surface area contributed by atoms with Gasteiger partial charge in [-0.2, -0.15) is 0 Å². The Bertz CT molecular complexity index is 538. The summed E-state index contributed by atoms with van der Waals surface area (Å²) in [7, 11) is 0. The summed E-state index contributed by atoms with van der Waals surface area (Å²) < 4.78 is 5.33. The fourth-order valence-electron chi connectivity index (χ4n) is 3.25. The Morgan fingerprint density at radius 2 is 2.04 bits per heavy atom. The maximum absolute atomic E-state index is 12.3. The van der Waals surface area contributed by atoms with Crippen molar-refractivity contribution in [3.63, 3.8) is 0 Å². The number of amides is 1. The molecule has 1 N–H and O–H groups in total. The third kappa shape index (κ3) is 4.68.